The number of rotatable bonds is 11. The summed E-state index contributed by atoms with van der Waals surface area (Å²) in [7, 11) is 0. The molecule has 0 atom stereocenters. The zero-order valence-corrected chi connectivity index (χ0v) is 15.3. The zero-order chi connectivity index (χ0) is 12.9. The molecule has 0 aromatic heterocycles. The minimum atomic E-state index is -1.77. The third-order valence-corrected chi connectivity index (χ3v) is 4.95. The van der Waals surface area contributed by atoms with Crippen molar-refractivity contribution >= 4 is 26.1 Å². The fourth-order valence-electron chi connectivity index (χ4n) is 1.90. The molecule has 0 heterocycles. The molecule has 17 heavy (non-hydrogen) atoms. The van der Waals surface area contributed by atoms with E-state index in [1.165, 1.54) is 51.4 Å². The molecule has 0 saturated heterocycles. The summed E-state index contributed by atoms with van der Waals surface area (Å²) in [4.78, 5) is 15.5. The molecule has 0 unspecified atom stereocenters. The quantitative estimate of drug-likeness (QED) is 0.407. The molecule has 0 spiro atoms. The molecule has 3 heteroatoms. The molecule has 0 radical (unpaired) electrons. The Morgan fingerprint density at radius 1 is 0.882 bits per heavy atom. The molecular formula is C14H30O2Sn. The third kappa shape index (κ3) is 14.2. The van der Waals surface area contributed by atoms with E-state index in [-0.39, 0.29) is 5.97 Å². The van der Waals surface area contributed by atoms with Crippen molar-refractivity contribution in [1.82, 2.24) is 0 Å². The predicted octanol–water partition coefficient (Wildman–Crippen LogP) is 4.43. The van der Waals surface area contributed by atoms with E-state index < -0.39 is 20.2 Å². The van der Waals surface area contributed by atoms with E-state index in [1.807, 2.05) is 0 Å². The van der Waals surface area contributed by atoms with Gasteiger partial charge < -0.3 is 0 Å². The van der Waals surface area contributed by atoms with Gasteiger partial charge in [-0.2, -0.15) is 0 Å². The number of carbonyl (C=O) groups excluding carboxylic acids is 1. The van der Waals surface area contributed by atoms with Crippen LogP contribution in [-0.2, 0) is 7.87 Å². The van der Waals surface area contributed by atoms with Gasteiger partial charge in [0.15, 0.2) is 0 Å². The second-order valence-corrected chi connectivity index (χ2v) is 11.8. The molecule has 0 aliphatic heterocycles. The Bertz CT molecular complexity index is 181. The Morgan fingerprint density at radius 3 is 1.82 bits per heavy atom. The van der Waals surface area contributed by atoms with Gasteiger partial charge in [-0.1, -0.05) is 6.92 Å². The van der Waals surface area contributed by atoms with Gasteiger partial charge in [-0.15, -0.1) is 0 Å². The first-order valence-electron chi connectivity index (χ1n) is 7.36. The van der Waals surface area contributed by atoms with Crippen molar-refractivity contribution in [3.8, 4) is 0 Å². The summed E-state index contributed by atoms with van der Waals surface area (Å²) >= 11 is -1.77. The molecule has 0 amide bonds. The topological polar surface area (TPSA) is 26.3 Å². The van der Waals surface area contributed by atoms with E-state index in [9.17, 15) is 4.79 Å². The van der Waals surface area contributed by atoms with Gasteiger partial charge in [0.05, 0.1) is 0 Å². The Labute approximate surface area is 115 Å². The molecule has 0 saturated carbocycles. The summed E-state index contributed by atoms with van der Waals surface area (Å²) in [5.74, 6) is 0.0544. The molecule has 0 aliphatic carbocycles. The van der Waals surface area contributed by atoms with Crippen LogP contribution in [0.25, 0.3) is 0 Å². The summed E-state index contributed by atoms with van der Waals surface area (Å²) in [6, 6.07) is 0. The average molecular weight is 349 g/mol. The third-order valence-electron chi connectivity index (χ3n) is 2.85. The SMILES string of the molecule is CCCCCCCCCCCC(=O)[O][SnH]([CH3])[CH3]. The molecule has 0 aliphatic rings. The molecule has 0 fully saturated rings. The van der Waals surface area contributed by atoms with Crippen LogP contribution in [0.3, 0.4) is 0 Å². The monoisotopic (exact) mass is 350 g/mol. The summed E-state index contributed by atoms with van der Waals surface area (Å²) < 4.78 is 5.29. The van der Waals surface area contributed by atoms with Crippen LogP contribution in [-0.4, -0.2) is 26.1 Å². The first-order valence-corrected chi connectivity index (χ1v) is 15.3. The van der Waals surface area contributed by atoms with E-state index in [2.05, 4.69) is 16.8 Å². The van der Waals surface area contributed by atoms with E-state index >= 15 is 0 Å². The molecule has 0 N–H and O–H groups in total. The van der Waals surface area contributed by atoms with Gasteiger partial charge in [0.1, 0.15) is 0 Å². The molecule has 0 bridgehead atoms. The van der Waals surface area contributed by atoms with Gasteiger partial charge in [-0.3, -0.25) is 0 Å². The fraction of sp³-hybridized carbons (Fsp3) is 0.929. The van der Waals surface area contributed by atoms with Crippen molar-refractivity contribution in [2.45, 2.75) is 81.0 Å². The van der Waals surface area contributed by atoms with Crippen molar-refractivity contribution in [3.05, 3.63) is 0 Å². The molecule has 2 nitrogen and oxygen atoms in total. The van der Waals surface area contributed by atoms with Crippen LogP contribution in [0.1, 0.15) is 71.1 Å². The van der Waals surface area contributed by atoms with E-state index in [0.29, 0.717) is 6.42 Å². The van der Waals surface area contributed by atoms with E-state index in [1.54, 1.807) is 0 Å². The normalized spacial score (nSPS) is 10.8. The van der Waals surface area contributed by atoms with Crippen LogP contribution in [0.2, 0.25) is 9.88 Å². The predicted molar refractivity (Wildman–Crippen MR) is 76.8 cm³/mol. The summed E-state index contributed by atoms with van der Waals surface area (Å²) in [5, 5.41) is 0. The maximum absolute atomic E-state index is 11.3. The first-order chi connectivity index (χ1) is 8.16. The molecular weight excluding hydrogens is 319 g/mol. The van der Waals surface area contributed by atoms with Gasteiger partial charge >= 0.3 is 108 Å². The van der Waals surface area contributed by atoms with Gasteiger partial charge in [0.2, 0.25) is 0 Å². The summed E-state index contributed by atoms with van der Waals surface area (Å²) in [6.07, 6.45) is 12.3. The molecule has 0 aromatic carbocycles. The summed E-state index contributed by atoms with van der Waals surface area (Å²) in [6.45, 7) is 2.25. The Kier molecular flexibility index (Phi) is 12.9. The molecule has 0 aromatic rings. The van der Waals surface area contributed by atoms with Crippen LogP contribution in [0.5, 0.6) is 0 Å². The average Bonchev–Trinajstić information content (AvgIpc) is 2.26. The van der Waals surface area contributed by atoms with Crippen molar-refractivity contribution in [2.75, 3.05) is 0 Å². The molecule has 102 valence electrons. The van der Waals surface area contributed by atoms with Crippen molar-refractivity contribution in [1.29, 1.82) is 0 Å². The van der Waals surface area contributed by atoms with Crippen LogP contribution >= 0.6 is 0 Å². The zero-order valence-electron chi connectivity index (χ0n) is 12.0. The first kappa shape index (κ1) is 17.3. The van der Waals surface area contributed by atoms with Crippen molar-refractivity contribution < 1.29 is 7.87 Å². The Hall–Kier alpha value is 0.269. The van der Waals surface area contributed by atoms with E-state index in [4.69, 9.17) is 3.07 Å². The van der Waals surface area contributed by atoms with E-state index in [0.717, 1.165) is 6.42 Å². The summed E-state index contributed by atoms with van der Waals surface area (Å²) in [5.41, 5.74) is 0. The van der Waals surface area contributed by atoms with Crippen molar-refractivity contribution in [2.24, 2.45) is 0 Å². The van der Waals surface area contributed by atoms with Gasteiger partial charge in [0, 0.05) is 0 Å². The van der Waals surface area contributed by atoms with Gasteiger partial charge in [0.25, 0.3) is 0 Å². The van der Waals surface area contributed by atoms with Crippen LogP contribution in [0, 0.1) is 0 Å². The number of hydrogen-bond donors (Lipinski definition) is 0. The second kappa shape index (κ2) is 12.7. The number of unbranched alkanes of at least 4 members (excludes halogenated alkanes) is 8. The maximum atomic E-state index is 11.3. The van der Waals surface area contributed by atoms with Crippen LogP contribution < -0.4 is 0 Å². The van der Waals surface area contributed by atoms with Gasteiger partial charge in [-0.05, 0) is 0 Å². The van der Waals surface area contributed by atoms with Crippen LogP contribution in [0.4, 0.5) is 0 Å². The van der Waals surface area contributed by atoms with Gasteiger partial charge in [-0.25, -0.2) is 0 Å². The van der Waals surface area contributed by atoms with Crippen molar-refractivity contribution in [3.63, 3.8) is 0 Å². The Morgan fingerprint density at radius 2 is 1.35 bits per heavy atom. The second-order valence-electron chi connectivity index (χ2n) is 5.12. The minimum absolute atomic E-state index is 0.0544. The Balaban J connectivity index is 3.10. The molecule has 0 rings (SSSR count). The fourth-order valence-corrected chi connectivity index (χ4v) is 3.74. The van der Waals surface area contributed by atoms with Crippen LogP contribution in [0.15, 0.2) is 0 Å². The number of hydrogen-bond acceptors (Lipinski definition) is 2. The standard InChI is InChI=1S/C12H24O2.2CH3.Sn.H/c1-2-3-4-5-6-7-8-9-10-11-12(13)14;;;;/h2-11H2,1H3,(H,13,14);2*1H3;;/q;;;+1;/p-1. The number of carbonyl (C=O) groups is 1.